The topological polar surface area (TPSA) is 76.0 Å². The standard InChI is InChI=1S/C20H12O5/c21-11-5-7-15-17(9-11)24-18-10-12(22)6-8-16(18)20(15)14-4-2-1-3-13(14)19(23)25-20/h1-10,21-22H/i1D. The first-order chi connectivity index (χ1) is 12.5. The Morgan fingerprint density at radius 1 is 0.880 bits per heavy atom. The monoisotopic (exact) mass is 333 g/mol. The molecule has 0 amide bonds. The number of esters is 1. The van der Waals surface area contributed by atoms with Crippen LogP contribution in [0.15, 0.2) is 60.6 Å². The fraction of sp³-hybridized carbons (Fsp3) is 0.0500. The Labute approximate surface area is 144 Å². The zero-order valence-corrected chi connectivity index (χ0v) is 12.8. The predicted molar refractivity (Wildman–Crippen MR) is 88.0 cm³/mol. The molecule has 3 aromatic rings. The number of phenolic OH excluding ortho intramolecular Hbond substituents is 2. The largest absolute Gasteiger partial charge is 0.508 e. The molecular formula is C20H12O5. The van der Waals surface area contributed by atoms with Gasteiger partial charge in [-0.2, -0.15) is 0 Å². The Morgan fingerprint density at radius 3 is 2.16 bits per heavy atom. The van der Waals surface area contributed by atoms with E-state index < -0.39 is 11.6 Å². The van der Waals surface area contributed by atoms with Crippen molar-refractivity contribution in [1.29, 1.82) is 0 Å². The molecule has 2 heterocycles. The number of ether oxygens (including phenoxy) is 2. The first-order valence-corrected chi connectivity index (χ1v) is 7.68. The highest BCUT2D eigenvalue weighted by atomic mass is 16.6. The van der Waals surface area contributed by atoms with E-state index in [-0.39, 0.29) is 17.5 Å². The lowest BCUT2D eigenvalue weighted by Gasteiger charge is -2.36. The Bertz CT molecular complexity index is 1050. The van der Waals surface area contributed by atoms with Crippen LogP contribution in [0.5, 0.6) is 23.0 Å². The molecule has 25 heavy (non-hydrogen) atoms. The number of hydrogen-bond donors (Lipinski definition) is 2. The summed E-state index contributed by atoms with van der Waals surface area (Å²) in [6.07, 6.45) is 0. The number of aromatic hydroxyl groups is 2. The van der Waals surface area contributed by atoms with Gasteiger partial charge in [0.05, 0.1) is 6.93 Å². The van der Waals surface area contributed by atoms with Crippen molar-refractivity contribution >= 4 is 5.97 Å². The van der Waals surface area contributed by atoms with Crippen molar-refractivity contribution in [3.63, 3.8) is 0 Å². The molecule has 0 fully saturated rings. The molecule has 3 aromatic carbocycles. The molecule has 0 saturated heterocycles. The van der Waals surface area contributed by atoms with Gasteiger partial charge in [0.15, 0.2) is 5.60 Å². The van der Waals surface area contributed by atoms with Crippen molar-refractivity contribution in [3.05, 3.63) is 82.9 Å². The molecule has 2 aliphatic heterocycles. The quantitative estimate of drug-likeness (QED) is 0.614. The number of carbonyl (C=O) groups excluding carboxylic acids is 1. The summed E-state index contributed by atoms with van der Waals surface area (Å²) < 4.78 is 19.5. The lowest BCUT2D eigenvalue weighted by atomic mass is 9.77. The van der Waals surface area contributed by atoms with Crippen LogP contribution >= 0.6 is 0 Å². The molecule has 1 spiro atoms. The van der Waals surface area contributed by atoms with Gasteiger partial charge in [-0.1, -0.05) is 18.2 Å². The van der Waals surface area contributed by atoms with Gasteiger partial charge in [0.25, 0.3) is 0 Å². The van der Waals surface area contributed by atoms with Crippen molar-refractivity contribution in [3.8, 4) is 23.0 Å². The van der Waals surface area contributed by atoms with Gasteiger partial charge in [0.1, 0.15) is 23.0 Å². The normalized spacial score (nSPS) is 16.3. The minimum atomic E-state index is -1.26. The zero-order chi connectivity index (χ0) is 18.1. The van der Waals surface area contributed by atoms with E-state index >= 15 is 0 Å². The third-order valence-corrected chi connectivity index (χ3v) is 4.62. The van der Waals surface area contributed by atoms with Gasteiger partial charge in [-0.3, -0.25) is 0 Å². The smallest absolute Gasteiger partial charge is 0.340 e. The van der Waals surface area contributed by atoms with Crippen molar-refractivity contribution < 1.29 is 25.9 Å². The average Bonchev–Trinajstić information content (AvgIpc) is 2.87. The van der Waals surface area contributed by atoms with E-state index in [1.807, 2.05) is 0 Å². The molecule has 0 atom stereocenters. The number of rotatable bonds is 0. The number of benzene rings is 3. The summed E-state index contributed by atoms with van der Waals surface area (Å²) >= 11 is 0. The van der Waals surface area contributed by atoms with Gasteiger partial charge in [0, 0.05) is 28.8 Å². The lowest BCUT2D eigenvalue weighted by Crippen LogP contribution is -2.32. The fourth-order valence-electron chi connectivity index (χ4n) is 3.59. The zero-order valence-electron chi connectivity index (χ0n) is 13.8. The molecule has 0 unspecified atom stereocenters. The molecule has 0 radical (unpaired) electrons. The molecule has 0 bridgehead atoms. The molecule has 2 N–H and O–H groups in total. The Morgan fingerprint density at radius 2 is 1.52 bits per heavy atom. The molecule has 5 heteroatoms. The van der Waals surface area contributed by atoms with Crippen LogP contribution in [0.25, 0.3) is 0 Å². The van der Waals surface area contributed by atoms with Crippen LogP contribution in [-0.2, 0) is 10.3 Å². The molecule has 0 aromatic heterocycles. The Balaban J connectivity index is 1.90. The van der Waals surface area contributed by atoms with E-state index in [4.69, 9.17) is 10.8 Å². The second-order valence-electron chi connectivity index (χ2n) is 6.01. The molecular weight excluding hydrogens is 320 g/mol. The molecule has 122 valence electrons. The maximum atomic E-state index is 12.6. The molecule has 5 rings (SSSR count). The van der Waals surface area contributed by atoms with Crippen LogP contribution in [0.3, 0.4) is 0 Å². The number of fused-ring (bicyclic) bond motifs is 6. The van der Waals surface area contributed by atoms with Crippen LogP contribution in [-0.4, -0.2) is 16.2 Å². The third-order valence-electron chi connectivity index (χ3n) is 4.62. The highest BCUT2D eigenvalue weighted by molar-refractivity contribution is 5.97. The van der Waals surface area contributed by atoms with E-state index in [0.717, 1.165) is 0 Å². The average molecular weight is 333 g/mol. The van der Waals surface area contributed by atoms with E-state index in [1.54, 1.807) is 24.3 Å². The van der Waals surface area contributed by atoms with Crippen molar-refractivity contribution in [2.45, 2.75) is 5.60 Å². The van der Waals surface area contributed by atoms with Gasteiger partial charge in [-0.15, -0.1) is 0 Å². The third kappa shape index (κ3) is 1.69. The predicted octanol–water partition coefficient (Wildman–Crippen LogP) is 3.67. The molecule has 0 aliphatic carbocycles. The Kier molecular flexibility index (Phi) is 2.34. The number of carbonyl (C=O) groups is 1. The summed E-state index contributed by atoms with van der Waals surface area (Å²) in [5.74, 6) is 0.147. The van der Waals surface area contributed by atoms with Gasteiger partial charge < -0.3 is 19.7 Å². The summed E-state index contributed by atoms with van der Waals surface area (Å²) in [6, 6.07) is 14.2. The first-order valence-electron chi connectivity index (χ1n) is 8.18. The summed E-state index contributed by atoms with van der Waals surface area (Å²) in [5, 5.41) is 19.7. The van der Waals surface area contributed by atoms with E-state index in [9.17, 15) is 15.0 Å². The number of phenols is 2. The van der Waals surface area contributed by atoms with E-state index in [1.165, 1.54) is 30.3 Å². The van der Waals surface area contributed by atoms with Crippen LogP contribution in [0, 0.1) is 0 Å². The van der Waals surface area contributed by atoms with E-state index in [0.29, 0.717) is 33.8 Å². The highest BCUT2D eigenvalue weighted by Gasteiger charge is 2.53. The molecule has 2 aliphatic rings. The van der Waals surface area contributed by atoms with Crippen LogP contribution < -0.4 is 4.74 Å². The molecule has 5 nitrogen and oxygen atoms in total. The van der Waals surface area contributed by atoms with Gasteiger partial charge in [0.2, 0.25) is 0 Å². The van der Waals surface area contributed by atoms with Crippen molar-refractivity contribution in [2.75, 3.05) is 0 Å². The van der Waals surface area contributed by atoms with Gasteiger partial charge >= 0.3 is 5.97 Å². The highest BCUT2D eigenvalue weighted by Crippen LogP contribution is 2.56. The molecule has 0 saturated carbocycles. The Hall–Kier alpha value is -3.47. The minimum Gasteiger partial charge on any atom is -0.508 e. The summed E-state index contributed by atoms with van der Waals surface area (Å²) in [7, 11) is 0. The SMILES string of the molecule is [2H]c1ccc2c(c1)C(=O)OC21c2ccc(O)cc2Oc2cc(O)ccc21. The summed E-state index contributed by atoms with van der Waals surface area (Å²) in [5.41, 5.74) is 0.791. The van der Waals surface area contributed by atoms with Crippen LogP contribution in [0.2, 0.25) is 0 Å². The van der Waals surface area contributed by atoms with Crippen molar-refractivity contribution in [2.24, 2.45) is 0 Å². The maximum absolute atomic E-state index is 12.6. The second kappa shape index (κ2) is 4.54. The van der Waals surface area contributed by atoms with Gasteiger partial charge in [-0.05, 0) is 30.3 Å². The van der Waals surface area contributed by atoms with Crippen molar-refractivity contribution in [1.82, 2.24) is 0 Å². The summed E-state index contributed by atoms with van der Waals surface area (Å²) in [4.78, 5) is 12.6. The summed E-state index contributed by atoms with van der Waals surface area (Å²) in [6.45, 7) is 0. The minimum absolute atomic E-state index is 0.00792. The van der Waals surface area contributed by atoms with Gasteiger partial charge in [-0.25, -0.2) is 4.79 Å². The maximum Gasteiger partial charge on any atom is 0.340 e. The number of hydrogen-bond acceptors (Lipinski definition) is 5. The second-order valence-corrected chi connectivity index (χ2v) is 6.01. The lowest BCUT2D eigenvalue weighted by molar-refractivity contribution is 0.0224. The van der Waals surface area contributed by atoms with Crippen LogP contribution in [0.1, 0.15) is 28.4 Å². The van der Waals surface area contributed by atoms with Crippen LogP contribution in [0.4, 0.5) is 0 Å². The van der Waals surface area contributed by atoms with E-state index in [2.05, 4.69) is 0 Å². The first kappa shape index (κ1) is 12.9. The fourth-order valence-corrected chi connectivity index (χ4v) is 3.59.